The van der Waals surface area contributed by atoms with Crippen LogP contribution in [0.5, 0.6) is 23.0 Å². The fourth-order valence-corrected chi connectivity index (χ4v) is 2.94. The lowest BCUT2D eigenvalue weighted by molar-refractivity contribution is 0.0954. The Morgan fingerprint density at radius 2 is 1.62 bits per heavy atom. The fraction of sp³-hybridized carbons (Fsp3) is 0.200. The molecule has 166 valence electrons. The topological polar surface area (TPSA) is 78.4 Å². The van der Waals surface area contributed by atoms with E-state index in [1.807, 2.05) is 43.3 Å². The molecule has 1 amide bonds. The molecular weight excluding hydrogens is 408 g/mol. The van der Waals surface area contributed by atoms with Gasteiger partial charge in [-0.3, -0.25) is 4.79 Å². The normalized spacial score (nSPS) is 10.6. The molecule has 0 unspecified atom stereocenters. The number of benzene rings is 3. The summed E-state index contributed by atoms with van der Waals surface area (Å²) in [5.41, 5.74) is 4.72. The monoisotopic (exact) mass is 434 g/mol. The maximum atomic E-state index is 12.5. The van der Waals surface area contributed by atoms with E-state index in [0.717, 1.165) is 11.1 Å². The summed E-state index contributed by atoms with van der Waals surface area (Å²) < 4.78 is 22.0. The van der Waals surface area contributed by atoms with Crippen LogP contribution in [0.2, 0.25) is 0 Å². The van der Waals surface area contributed by atoms with Crippen LogP contribution in [0.4, 0.5) is 0 Å². The van der Waals surface area contributed by atoms with E-state index in [9.17, 15) is 4.79 Å². The molecule has 0 spiro atoms. The fourth-order valence-electron chi connectivity index (χ4n) is 2.94. The van der Waals surface area contributed by atoms with Crippen molar-refractivity contribution in [3.63, 3.8) is 0 Å². The van der Waals surface area contributed by atoms with Crippen LogP contribution in [0.3, 0.4) is 0 Å². The molecule has 7 heteroatoms. The highest BCUT2D eigenvalue weighted by atomic mass is 16.5. The first kappa shape index (κ1) is 22.7. The first-order valence-electron chi connectivity index (χ1n) is 10.1. The number of amides is 1. The Morgan fingerprint density at radius 1 is 0.875 bits per heavy atom. The molecule has 32 heavy (non-hydrogen) atoms. The molecule has 0 aliphatic rings. The summed E-state index contributed by atoms with van der Waals surface area (Å²) in [6.07, 6.45) is 1.53. The maximum absolute atomic E-state index is 12.5. The van der Waals surface area contributed by atoms with E-state index in [2.05, 4.69) is 10.5 Å². The van der Waals surface area contributed by atoms with Gasteiger partial charge in [0, 0.05) is 5.56 Å². The minimum atomic E-state index is -0.364. The highest BCUT2D eigenvalue weighted by Crippen LogP contribution is 2.29. The van der Waals surface area contributed by atoms with Crippen LogP contribution in [0.25, 0.3) is 0 Å². The third-order valence-electron chi connectivity index (χ3n) is 4.53. The summed E-state index contributed by atoms with van der Waals surface area (Å²) >= 11 is 0. The Kier molecular flexibility index (Phi) is 8.09. The van der Waals surface area contributed by atoms with Gasteiger partial charge in [0.05, 0.1) is 27.0 Å². The van der Waals surface area contributed by atoms with Gasteiger partial charge in [-0.15, -0.1) is 0 Å². The van der Waals surface area contributed by atoms with Crippen molar-refractivity contribution in [2.75, 3.05) is 20.8 Å². The molecule has 3 rings (SSSR count). The van der Waals surface area contributed by atoms with E-state index in [4.69, 9.17) is 18.9 Å². The number of carbonyl (C=O) groups excluding carboxylic acids is 1. The zero-order valence-electron chi connectivity index (χ0n) is 18.3. The molecule has 0 aliphatic carbocycles. The zero-order chi connectivity index (χ0) is 22.8. The van der Waals surface area contributed by atoms with Crippen molar-refractivity contribution in [1.82, 2.24) is 5.43 Å². The van der Waals surface area contributed by atoms with Crippen LogP contribution in [0, 0.1) is 0 Å². The smallest absolute Gasteiger partial charge is 0.271 e. The van der Waals surface area contributed by atoms with E-state index in [1.54, 1.807) is 44.6 Å². The molecule has 0 atom stereocenters. The van der Waals surface area contributed by atoms with Gasteiger partial charge in [0.1, 0.15) is 6.61 Å². The van der Waals surface area contributed by atoms with Gasteiger partial charge in [-0.2, -0.15) is 5.10 Å². The van der Waals surface area contributed by atoms with Gasteiger partial charge in [-0.05, 0) is 54.4 Å². The van der Waals surface area contributed by atoms with Crippen molar-refractivity contribution in [2.45, 2.75) is 13.5 Å². The predicted molar refractivity (Wildman–Crippen MR) is 123 cm³/mol. The lowest BCUT2D eigenvalue weighted by atomic mass is 10.2. The second-order valence-corrected chi connectivity index (χ2v) is 6.68. The van der Waals surface area contributed by atoms with Crippen LogP contribution in [-0.2, 0) is 6.61 Å². The van der Waals surface area contributed by atoms with Crippen LogP contribution in [-0.4, -0.2) is 32.9 Å². The summed E-state index contributed by atoms with van der Waals surface area (Å²) in [5.74, 6) is 1.90. The summed E-state index contributed by atoms with van der Waals surface area (Å²) in [6, 6.07) is 20.2. The van der Waals surface area contributed by atoms with Crippen molar-refractivity contribution >= 4 is 12.1 Å². The summed E-state index contributed by atoms with van der Waals surface area (Å²) in [4.78, 5) is 12.5. The van der Waals surface area contributed by atoms with Crippen molar-refractivity contribution in [3.8, 4) is 23.0 Å². The lowest BCUT2D eigenvalue weighted by Gasteiger charge is -2.13. The average molecular weight is 434 g/mol. The lowest BCUT2D eigenvalue weighted by Crippen LogP contribution is -2.17. The molecule has 7 nitrogen and oxygen atoms in total. The first-order valence-corrected chi connectivity index (χ1v) is 10.1. The number of rotatable bonds is 10. The molecule has 0 heterocycles. The third kappa shape index (κ3) is 6.01. The standard InChI is InChI=1S/C25H26N2O5/c1-4-31-24-15-20(11-13-22(24)32-17-18-8-6-5-7-9-18)25(28)27-26-16-19-10-12-21(29-2)23(14-19)30-3/h5-16H,4,17H2,1-3H3,(H,27,28)/b26-16+. The van der Waals surface area contributed by atoms with Gasteiger partial charge in [0.2, 0.25) is 0 Å². The average Bonchev–Trinajstić information content (AvgIpc) is 2.83. The number of hydrogen-bond acceptors (Lipinski definition) is 6. The van der Waals surface area contributed by atoms with E-state index >= 15 is 0 Å². The minimum Gasteiger partial charge on any atom is -0.493 e. The van der Waals surface area contributed by atoms with Crippen molar-refractivity contribution in [1.29, 1.82) is 0 Å². The van der Waals surface area contributed by atoms with Gasteiger partial charge in [0.25, 0.3) is 5.91 Å². The van der Waals surface area contributed by atoms with Gasteiger partial charge in [0.15, 0.2) is 23.0 Å². The molecule has 0 aliphatic heterocycles. The second-order valence-electron chi connectivity index (χ2n) is 6.68. The van der Waals surface area contributed by atoms with Gasteiger partial charge in [-0.1, -0.05) is 30.3 Å². The Labute approximate surface area is 187 Å². The van der Waals surface area contributed by atoms with Crippen LogP contribution in [0.15, 0.2) is 71.8 Å². The van der Waals surface area contributed by atoms with Gasteiger partial charge >= 0.3 is 0 Å². The maximum Gasteiger partial charge on any atom is 0.271 e. The number of nitrogens with one attached hydrogen (secondary N) is 1. The summed E-state index contributed by atoms with van der Waals surface area (Å²) in [7, 11) is 3.13. The number of nitrogens with zero attached hydrogens (tertiary/aromatic N) is 1. The van der Waals surface area contributed by atoms with Crippen LogP contribution < -0.4 is 24.4 Å². The molecule has 0 saturated heterocycles. The molecule has 0 aromatic heterocycles. The Morgan fingerprint density at radius 3 is 2.34 bits per heavy atom. The highest BCUT2D eigenvalue weighted by molar-refractivity contribution is 5.95. The molecule has 3 aromatic rings. The zero-order valence-corrected chi connectivity index (χ0v) is 18.3. The minimum absolute atomic E-state index is 0.364. The third-order valence-corrected chi connectivity index (χ3v) is 4.53. The molecule has 0 fully saturated rings. The molecule has 0 saturated carbocycles. The van der Waals surface area contributed by atoms with Crippen LogP contribution >= 0.6 is 0 Å². The summed E-state index contributed by atoms with van der Waals surface area (Å²) in [5, 5.41) is 4.03. The molecule has 0 bridgehead atoms. The van der Waals surface area contributed by atoms with E-state index in [1.165, 1.54) is 6.21 Å². The van der Waals surface area contributed by atoms with Crippen molar-refractivity contribution in [2.24, 2.45) is 5.10 Å². The number of methoxy groups -OCH3 is 2. The second kappa shape index (κ2) is 11.4. The molecule has 1 N–H and O–H groups in total. The predicted octanol–water partition coefficient (Wildman–Crippen LogP) is 4.45. The highest BCUT2D eigenvalue weighted by Gasteiger charge is 2.12. The van der Waals surface area contributed by atoms with Crippen molar-refractivity contribution in [3.05, 3.63) is 83.4 Å². The van der Waals surface area contributed by atoms with Gasteiger partial charge < -0.3 is 18.9 Å². The molecular formula is C25H26N2O5. The number of hydrazone groups is 1. The van der Waals surface area contributed by atoms with Crippen LogP contribution in [0.1, 0.15) is 28.4 Å². The van der Waals surface area contributed by atoms with E-state index < -0.39 is 0 Å². The molecule has 3 aromatic carbocycles. The Bertz CT molecular complexity index is 1070. The summed E-state index contributed by atoms with van der Waals surface area (Å²) in [6.45, 7) is 2.73. The first-order chi connectivity index (χ1) is 15.6. The number of ether oxygens (including phenoxy) is 4. The largest absolute Gasteiger partial charge is 0.493 e. The van der Waals surface area contributed by atoms with E-state index in [0.29, 0.717) is 41.8 Å². The Hall–Kier alpha value is -4.00. The number of carbonyl (C=O) groups is 1. The quantitative estimate of drug-likeness (QED) is 0.377. The van der Waals surface area contributed by atoms with Gasteiger partial charge in [-0.25, -0.2) is 5.43 Å². The SMILES string of the molecule is CCOc1cc(C(=O)N/N=C/c2ccc(OC)c(OC)c2)ccc1OCc1ccccc1. The number of hydrogen-bond donors (Lipinski definition) is 1. The van der Waals surface area contributed by atoms with E-state index in [-0.39, 0.29) is 5.91 Å². The van der Waals surface area contributed by atoms with Crippen molar-refractivity contribution < 1.29 is 23.7 Å². The Balaban J connectivity index is 1.66. The molecule has 0 radical (unpaired) electrons.